The van der Waals surface area contributed by atoms with Crippen molar-refractivity contribution in [2.45, 2.75) is 46.0 Å². The van der Waals surface area contributed by atoms with E-state index in [-0.39, 0.29) is 29.7 Å². The largest absolute Gasteiger partial charge is 0.573 e. The number of nitrogens with one attached hydrogen (secondary N) is 2. The first-order chi connectivity index (χ1) is 18.6. The number of carbonyl (C=O) groups is 1. The molecule has 13 heteroatoms. The van der Waals surface area contributed by atoms with E-state index >= 15 is 0 Å². The Labute approximate surface area is 221 Å². The van der Waals surface area contributed by atoms with E-state index in [9.17, 15) is 18.0 Å². The van der Waals surface area contributed by atoms with Crippen molar-refractivity contribution < 1.29 is 27.4 Å². The van der Waals surface area contributed by atoms with Crippen molar-refractivity contribution in [2.75, 3.05) is 11.9 Å². The molecule has 3 aromatic rings. The van der Waals surface area contributed by atoms with Gasteiger partial charge in [-0.1, -0.05) is 0 Å². The molecule has 0 radical (unpaired) electrons. The Kier molecular flexibility index (Phi) is 6.98. The predicted molar refractivity (Wildman–Crippen MR) is 138 cm³/mol. The van der Waals surface area contributed by atoms with Gasteiger partial charge >= 0.3 is 12.3 Å². The van der Waals surface area contributed by atoms with Crippen molar-refractivity contribution in [1.82, 2.24) is 19.6 Å². The molecule has 2 aliphatic rings. The van der Waals surface area contributed by atoms with E-state index < -0.39 is 12.3 Å². The normalized spacial score (nSPS) is 17.7. The van der Waals surface area contributed by atoms with Gasteiger partial charge in [0.25, 0.3) is 0 Å². The predicted octanol–water partition coefficient (Wildman–Crippen LogP) is 5.05. The molecule has 1 aliphatic heterocycles. The molecule has 0 unspecified atom stereocenters. The Morgan fingerprint density at radius 3 is 2.62 bits per heavy atom. The summed E-state index contributed by atoms with van der Waals surface area (Å²) in [5, 5.41) is 20.9. The fraction of sp³-hybridized carbons (Fsp3) is 0.346. The number of fused-ring (bicyclic) bond motifs is 1. The van der Waals surface area contributed by atoms with Crippen LogP contribution in [0, 0.1) is 18.3 Å². The van der Waals surface area contributed by atoms with E-state index in [0.717, 1.165) is 18.4 Å². The number of aryl methyl sites for hydroxylation is 1. The molecule has 2 N–H and O–H groups in total. The van der Waals surface area contributed by atoms with Gasteiger partial charge in [0.1, 0.15) is 17.4 Å². The van der Waals surface area contributed by atoms with Gasteiger partial charge in [-0.05, 0) is 62.9 Å². The molecule has 0 bridgehead atoms. The van der Waals surface area contributed by atoms with Crippen molar-refractivity contribution in [3.8, 4) is 17.0 Å². The average Bonchev–Trinajstić information content (AvgIpc) is 3.49. The summed E-state index contributed by atoms with van der Waals surface area (Å²) in [4.78, 5) is 17.0. The Balaban J connectivity index is 1.51. The van der Waals surface area contributed by atoms with E-state index in [1.807, 2.05) is 0 Å². The second-order valence-electron chi connectivity index (χ2n) is 9.23. The summed E-state index contributed by atoms with van der Waals surface area (Å²) in [6.45, 7) is 4.28. The van der Waals surface area contributed by atoms with Crippen LogP contribution >= 0.6 is 0 Å². The Hall–Kier alpha value is -4.42. The van der Waals surface area contributed by atoms with Crippen molar-refractivity contribution in [1.29, 1.82) is 5.41 Å². The number of benzene rings is 1. The van der Waals surface area contributed by atoms with Crippen LogP contribution in [0.25, 0.3) is 17.1 Å². The molecular formula is C26H26F3N7O3. The van der Waals surface area contributed by atoms with Gasteiger partial charge in [-0.15, -0.1) is 13.2 Å². The van der Waals surface area contributed by atoms with Crippen LogP contribution in [-0.4, -0.2) is 50.5 Å². The number of hydrogen-bond donors (Lipinski definition) is 2. The summed E-state index contributed by atoms with van der Waals surface area (Å²) in [6, 6.07) is 7.10. The molecule has 0 atom stereocenters. The van der Waals surface area contributed by atoms with Crippen LogP contribution in [0.15, 0.2) is 41.4 Å². The highest BCUT2D eigenvalue weighted by Gasteiger charge is 2.31. The minimum atomic E-state index is -4.79. The zero-order valence-corrected chi connectivity index (χ0v) is 21.2. The maximum Gasteiger partial charge on any atom is 0.573 e. The van der Waals surface area contributed by atoms with Crippen LogP contribution in [-0.2, 0) is 17.7 Å². The molecule has 0 spiro atoms. The lowest BCUT2D eigenvalue weighted by atomic mass is 10.1. The number of ether oxygens (including phenoxy) is 2. The van der Waals surface area contributed by atoms with E-state index in [2.05, 4.69) is 20.1 Å². The summed E-state index contributed by atoms with van der Waals surface area (Å²) in [5.74, 6) is 0.412. The first-order valence-corrected chi connectivity index (χ1v) is 12.4. The molecule has 204 valence electrons. The molecule has 1 fully saturated rings. The number of aliphatic imine (C=N–C) groups is 1. The first kappa shape index (κ1) is 26.2. The number of amidine groups is 1. The standard InChI is InChI=1S/C26H26F3N7O3/c1-3-38-25(37)20-12-15(2)33-36(20)22-13-21(30)32-24-19(10-11-31-22)23(34-35(24)14-16-4-5-16)17-6-8-18(9-7-17)39-26(27,28)29/h6-9,11-13,16H,3-5,10,14H2,1-2H3,(H2,30,32)/b22-13+,31-11-. The van der Waals surface area contributed by atoms with Crippen molar-refractivity contribution >= 4 is 29.7 Å². The van der Waals surface area contributed by atoms with Gasteiger partial charge in [0.2, 0.25) is 0 Å². The smallest absolute Gasteiger partial charge is 0.461 e. The molecule has 0 saturated heterocycles. The van der Waals surface area contributed by atoms with Gasteiger partial charge in [-0.25, -0.2) is 19.2 Å². The van der Waals surface area contributed by atoms with Gasteiger partial charge in [0, 0.05) is 36.4 Å². The highest BCUT2D eigenvalue weighted by atomic mass is 19.4. The van der Waals surface area contributed by atoms with Crippen LogP contribution < -0.4 is 10.1 Å². The highest BCUT2D eigenvalue weighted by Crippen LogP contribution is 2.36. The Bertz CT molecular complexity index is 1460. The highest BCUT2D eigenvalue weighted by molar-refractivity contribution is 6.06. The summed E-state index contributed by atoms with van der Waals surface area (Å²) < 4.78 is 50.2. The molecule has 5 rings (SSSR count). The Morgan fingerprint density at radius 1 is 1.21 bits per heavy atom. The monoisotopic (exact) mass is 541 g/mol. The van der Waals surface area contributed by atoms with Gasteiger partial charge in [-0.2, -0.15) is 10.2 Å². The van der Waals surface area contributed by atoms with E-state index in [1.165, 1.54) is 35.0 Å². The number of nitrogens with zero attached hydrogens (tertiary/aromatic N) is 5. The summed E-state index contributed by atoms with van der Waals surface area (Å²) in [6.07, 6.45) is 0.746. The van der Waals surface area contributed by atoms with Gasteiger partial charge in [0.05, 0.1) is 18.0 Å². The lowest BCUT2D eigenvalue weighted by molar-refractivity contribution is -0.274. The number of alkyl halides is 3. The van der Waals surface area contributed by atoms with E-state index in [0.29, 0.717) is 41.7 Å². The SMILES string of the molecule is CCOC(=O)c1cc(C)nn1C1=C/C(=N)Nc2c(c(-c3ccc(OC(F)(F)F)cc3)nn2CC2CC2)C/C=N\1. The lowest BCUT2D eigenvalue weighted by Gasteiger charge is -2.11. The number of esters is 1. The fourth-order valence-electron chi connectivity index (χ4n) is 4.26. The zero-order valence-electron chi connectivity index (χ0n) is 21.2. The number of carbonyl (C=O) groups excluding carboxylic acids is 1. The lowest BCUT2D eigenvalue weighted by Crippen LogP contribution is -2.16. The summed E-state index contributed by atoms with van der Waals surface area (Å²) in [7, 11) is 0. The average molecular weight is 542 g/mol. The van der Waals surface area contributed by atoms with E-state index in [4.69, 9.17) is 15.2 Å². The van der Waals surface area contributed by atoms with Gasteiger partial charge < -0.3 is 14.8 Å². The number of rotatable bonds is 7. The molecule has 0 amide bonds. The summed E-state index contributed by atoms with van der Waals surface area (Å²) in [5.41, 5.74) is 2.64. The molecular weight excluding hydrogens is 515 g/mol. The first-order valence-electron chi connectivity index (χ1n) is 12.4. The third-order valence-electron chi connectivity index (χ3n) is 6.12. The molecule has 1 aromatic carbocycles. The van der Waals surface area contributed by atoms with Crippen molar-refractivity contribution in [3.63, 3.8) is 0 Å². The second-order valence-corrected chi connectivity index (χ2v) is 9.23. The summed E-state index contributed by atoms with van der Waals surface area (Å²) >= 11 is 0. The minimum Gasteiger partial charge on any atom is -0.461 e. The third kappa shape index (κ3) is 6.02. The van der Waals surface area contributed by atoms with E-state index in [1.54, 1.807) is 30.8 Å². The number of hydrogen-bond acceptors (Lipinski definition) is 7. The second kappa shape index (κ2) is 10.4. The fourth-order valence-corrected chi connectivity index (χ4v) is 4.26. The van der Waals surface area contributed by atoms with Gasteiger partial charge in [0.15, 0.2) is 11.5 Å². The number of anilines is 1. The molecule has 2 aromatic heterocycles. The van der Waals surface area contributed by atoms with Crippen molar-refractivity contribution in [2.24, 2.45) is 10.9 Å². The quantitative estimate of drug-likeness (QED) is 0.404. The molecule has 10 nitrogen and oxygen atoms in total. The van der Waals surface area contributed by atoms with Crippen molar-refractivity contribution in [3.05, 3.63) is 53.4 Å². The van der Waals surface area contributed by atoms with Gasteiger partial charge in [-0.3, -0.25) is 5.41 Å². The molecule has 1 saturated carbocycles. The Morgan fingerprint density at radius 2 is 1.95 bits per heavy atom. The van der Waals surface area contributed by atoms with Crippen LogP contribution in [0.5, 0.6) is 5.75 Å². The van der Waals surface area contributed by atoms with Crippen LogP contribution in [0.4, 0.5) is 19.0 Å². The topological polar surface area (TPSA) is 119 Å². The molecule has 3 heterocycles. The zero-order chi connectivity index (χ0) is 27.7. The molecule has 1 aliphatic carbocycles. The maximum atomic E-state index is 12.6. The molecule has 39 heavy (non-hydrogen) atoms. The van der Waals surface area contributed by atoms with Crippen LogP contribution in [0.1, 0.15) is 41.5 Å². The number of aromatic nitrogens is 4. The van der Waals surface area contributed by atoms with Crippen LogP contribution in [0.3, 0.4) is 0 Å². The maximum absolute atomic E-state index is 12.6. The van der Waals surface area contributed by atoms with Crippen LogP contribution in [0.2, 0.25) is 0 Å². The minimum absolute atomic E-state index is 0.00863. The third-order valence-corrected chi connectivity index (χ3v) is 6.12. The number of halogens is 3.